The Morgan fingerprint density at radius 2 is 2.00 bits per heavy atom. The zero-order valence-corrected chi connectivity index (χ0v) is 12.8. The van der Waals surface area contributed by atoms with Crippen LogP contribution in [0, 0.1) is 18.3 Å². The highest BCUT2D eigenvalue weighted by atomic mass is 16.5. The quantitative estimate of drug-likeness (QED) is 0.731. The molecular weight excluding hydrogens is 292 g/mol. The summed E-state index contributed by atoms with van der Waals surface area (Å²) in [7, 11) is 0. The van der Waals surface area contributed by atoms with E-state index in [0.717, 1.165) is 23.2 Å². The van der Waals surface area contributed by atoms with Gasteiger partial charge in [-0.2, -0.15) is 10.2 Å². The summed E-state index contributed by atoms with van der Waals surface area (Å²) in [5.41, 5.74) is 2.96. The van der Waals surface area contributed by atoms with Crippen molar-refractivity contribution in [2.45, 2.75) is 20.3 Å². The van der Waals surface area contributed by atoms with Crippen molar-refractivity contribution in [2.75, 3.05) is 0 Å². The molecule has 2 aromatic heterocycles. The number of nitrogens with zero attached hydrogens (tertiary/aromatic N) is 4. The standard InChI is InChI=1S/C17H14N4O2/c1-3-14-16(11(2)22-20-14)17-19-15(23-21-17)9-8-12-6-4-5-7-13(12)10-18/h4-9H,3H2,1-2H3/b9-8+. The second-order valence-corrected chi connectivity index (χ2v) is 4.90. The number of aromatic nitrogens is 3. The van der Waals surface area contributed by atoms with Crippen LogP contribution in [0.15, 0.2) is 33.3 Å². The van der Waals surface area contributed by atoms with Gasteiger partial charge in [0.1, 0.15) is 5.76 Å². The molecule has 23 heavy (non-hydrogen) atoms. The first-order valence-electron chi connectivity index (χ1n) is 7.19. The van der Waals surface area contributed by atoms with Gasteiger partial charge in [-0.15, -0.1) is 0 Å². The fraction of sp³-hybridized carbons (Fsp3) is 0.176. The van der Waals surface area contributed by atoms with E-state index in [4.69, 9.17) is 14.3 Å². The number of hydrogen-bond acceptors (Lipinski definition) is 6. The van der Waals surface area contributed by atoms with Gasteiger partial charge in [-0.1, -0.05) is 35.4 Å². The largest absolute Gasteiger partial charge is 0.361 e. The molecule has 0 atom stereocenters. The van der Waals surface area contributed by atoms with E-state index >= 15 is 0 Å². The molecule has 0 spiro atoms. The lowest BCUT2D eigenvalue weighted by atomic mass is 10.1. The highest BCUT2D eigenvalue weighted by Crippen LogP contribution is 2.25. The van der Waals surface area contributed by atoms with Gasteiger partial charge in [-0.25, -0.2) is 0 Å². The number of aryl methyl sites for hydroxylation is 2. The smallest absolute Gasteiger partial charge is 0.250 e. The molecule has 0 radical (unpaired) electrons. The van der Waals surface area contributed by atoms with Crippen LogP contribution in [-0.4, -0.2) is 15.3 Å². The lowest BCUT2D eigenvalue weighted by Gasteiger charge is -1.94. The zero-order chi connectivity index (χ0) is 16.2. The van der Waals surface area contributed by atoms with Gasteiger partial charge in [0.15, 0.2) is 0 Å². The predicted octanol–water partition coefficient (Wildman–Crippen LogP) is 3.64. The van der Waals surface area contributed by atoms with Crippen LogP contribution in [0.25, 0.3) is 23.5 Å². The van der Waals surface area contributed by atoms with Crippen molar-refractivity contribution in [3.8, 4) is 17.5 Å². The molecule has 3 aromatic rings. The zero-order valence-electron chi connectivity index (χ0n) is 12.8. The Bertz CT molecular complexity index is 899. The lowest BCUT2D eigenvalue weighted by Crippen LogP contribution is -1.88. The monoisotopic (exact) mass is 306 g/mol. The van der Waals surface area contributed by atoms with Gasteiger partial charge in [0.05, 0.1) is 22.9 Å². The van der Waals surface area contributed by atoms with E-state index < -0.39 is 0 Å². The highest BCUT2D eigenvalue weighted by molar-refractivity contribution is 5.70. The van der Waals surface area contributed by atoms with Crippen LogP contribution >= 0.6 is 0 Å². The molecule has 0 saturated carbocycles. The third-order valence-corrected chi connectivity index (χ3v) is 3.42. The van der Waals surface area contributed by atoms with Crippen LogP contribution in [0.5, 0.6) is 0 Å². The SMILES string of the molecule is CCc1noc(C)c1-c1noc(/C=C/c2ccccc2C#N)n1. The summed E-state index contributed by atoms with van der Waals surface area (Å²) in [5.74, 6) is 1.47. The topological polar surface area (TPSA) is 88.7 Å². The van der Waals surface area contributed by atoms with Crippen molar-refractivity contribution in [1.29, 1.82) is 5.26 Å². The van der Waals surface area contributed by atoms with Crippen LogP contribution in [0.4, 0.5) is 0 Å². The van der Waals surface area contributed by atoms with Gasteiger partial charge in [0.25, 0.3) is 5.89 Å². The molecule has 6 heteroatoms. The van der Waals surface area contributed by atoms with E-state index in [1.807, 2.05) is 32.0 Å². The van der Waals surface area contributed by atoms with Gasteiger partial charge in [0, 0.05) is 6.08 Å². The summed E-state index contributed by atoms with van der Waals surface area (Å²) >= 11 is 0. The molecule has 0 aliphatic heterocycles. The predicted molar refractivity (Wildman–Crippen MR) is 84.0 cm³/mol. The molecular formula is C17H14N4O2. The molecule has 0 N–H and O–H groups in total. The van der Waals surface area contributed by atoms with Gasteiger partial charge >= 0.3 is 0 Å². The van der Waals surface area contributed by atoms with Crippen LogP contribution in [0.3, 0.4) is 0 Å². The molecule has 1 aromatic carbocycles. The highest BCUT2D eigenvalue weighted by Gasteiger charge is 2.18. The lowest BCUT2D eigenvalue weighted by molar-refractivity contribution is 0.391. The van der Waals surface area contributed by atoms with E-state index in [-0.39, 0.29) is 0 Å². The maximum atomic E-state index is 9.08. The van der Waals surface area contributed by atoms with E-state index in [0.29, 0.717) is 23.0 Å². The van der Waals surface area contributed by atoms with E-state index in [9.17, 15) is 0 Å². The van der Waals surface area contributed by atoms with Gasteiger partial charge in [0.2, 0.25) is 5.82 Å². The first kappa shape index (κ1) is 14.7. The molecule has 3 rings (SSSR count). The van der Waals surface area contributed by atoms with Crippen molar-refractivity contribution in [1.82, 2.24) is 15.3 Å². The summed E-state index contributed by atoms with van der Waals surface area (Å²) in [5, 5.41) is 17.0. The van der Waals surface area contributed by atoms with E-state index in [1.54, 1.807) is 18.2 Å². The number of nitriles is 1. The molecule has 114 valence electrons. The number of hydrogen-bond donors (Lipinski definition) is 0. The fourth-order valence-electron chi connectivity index (χ4n) is 2.26. The minimum Gasteiger partial charge on any atom is -0.361 e. The average molecular weight is 306 g/mol. The fourth-order valence-corrected chi connectivity index (χ4v) is 2.26. The Balaban J connectivity index is 1.90. The normalized spacial score (nSPS) is 11.0. The Morgan fingerprint density at radius 3 is 2.78 bits per heavy atom. The molecule has 0 unspecified atom stereocenters. The van der Waals surface area contributed by atoms with Crippen molar-refractivity contribution in [3.05, 3.63) is 52.7 Å². The molecule has 0 saturated heterocycles. The summed E-state index contributed by atoms with van der Waals surface area (Å²) in [6.07, 6.45) is 4.18. The van der Waals surface area contributed by atoms with Gasteiger partial charge < -0.3 is 9.05 Å². The van der Waals surface area contributed by atoms with Gasteiger partial charge in [-0.05, 0) is 31.1 Å². The molecule has 0 aliphatic rings. The first-order chi connectivity index (χ1) is 11.2. The number of benzene rings is 1. The first-order valence-corrected chi connectivity index (χ1v) is 7.19. The van der Waals surface area contributed by atoms with Crippen LogP contribution in [0.1, 0.15) is 35.4 Å². The van der Waals surface area contributed by atoms with Crippen molar-refractivity contribution in [3.63, 3.8) is 0 Å². The van der Waals surface area contributed by atoms with Crippen LogP contribution in [-0.2, 0) is 6.42 Å². The minimum absolute atomic E-state index is 0.357. The van der Waals surface area contributed by atoms with E-state index in [2.05, 4.69) is 21.4 Å². The summed E-state index contributed by atoms with van der Waals surface area (Å²) in [6, 6.07) is 9.44. The minimum atomic E-state index is 0.357. The number of rotatable bonds is 4. The second kappa shape index (κ2) is 6.28. The summed E-state index contributed by atoms with van der Waals surface area (Å²) in [6.45, 7) is 3.80. The second-order valence-electron chi connectivity index (χ2n) is 4.90. The maximum absolute atomic E-state index is 9.08. The molecule has 0 bridgehead atoms. The Hall–Kier alpha value is -3.20. The van der Waals surface area contributed by atoms with Crippen molar-refractivity contribution in [2.24, 2.45) is 0 Å². The van der Waals surface area contributed by atoms with Crippen LogP contribution in [0.2, 0.25) is 0 Å². The Kier molecular flexibility index (Phi) is 4.02. The average Bonchev–Trinajstić information content (AvgIpc) is 3.19. The van der Waals surface area contributed by atoms with Crippen LogP contribution < -0.4 is 0 Å². The molecule has 6 nitrogen and oxygen atoms in total. The third kappa shape index (κ3) is 2.90. The van der Waals surface area contributed by atoms with E-state index in [1.165, 1.54) is 0 Å². The van der Waals surface area contributed by atoms with Crippen molar-refractivity contribution < 1.29 is 9.05 Å². The molecule has 0 fully saturated rings. The molecule has 0 aliphatic carbocycles. The third-order valence-electron chi connectivity index (χ3n) is 3.42. The Labute approximate surface area is 133 Å². The Morgan fingerprint density at radius 1 is 1.17 bits per heavy atom. The summed E-state index contributed by atoms with van der Waals surface area (Å²) in [4.78, 5) is 4.35. The van der Waals surface area contributed by atoms with Crippen molar-refractivity contribution >= 4 is 12.2 Å². The molecule has 2 heterocycles. The maximum Gasteiger partial charge on any atom is 0.250 e. The molecule has 0 amide bonds. The van der Waals surface area contributed by atoms with Gasteiger partial charge in [-0.3, -0.25) is 0 Å². The summed E-state index contributed by atoms with van der Waals surface area (Å²) < 4.78 is 10.4.